The zero-order valence-corrected chi connectivity index (χ0v) is 20.2. The molecule has 3 rings (SSSR count). The second-order valence-electron chi connectivity index (χ2n) is 7.62. The fourth-order valence-corrected chi connectivity index (χ4v) is 4.20. The Bertz CT molecular complexity index is 1160. The minimum atomic E-state index is -0.317. The van der Waals surface area contributed by atoms with Crippen LogP contribution in [0.15, 0.2) is 65.6 Å². The highest BCUT2D eigenvalue weighted by molar-refractivity contribution is 8.00. The number of carbonyl (C=O) groups is 2. The van der Waals surface area contributed by atoms with E-state index in [-0.39, 0.29) is 17.1 Å². The normalized spacial score (nSPS) is 11.4. The van der Waals surface area contributed by atoms with Crippen LogP contribution in [-0.2, 0) is 4.79 Å². The lowest BCUT2D eigenvalue weighted by Crippen LogP contribution is -2.22. The monoisotopic (exact) mass is 464 g/mol. The summed E-state index contributed by atoms with van der Waals surface area (Å²) < 4.78 is 10.5. The molecule has 0 heterocycles. The molecule has 0 aliphatic carbocycles. The quantitative estimate of drug-likeness (QED) is 0.419. The van der Waals surface area contributed by atoms with Gasteiger partial charge in [0.05, 0.1) is 19.5 Å². The van der Waals surface area contributed by atoms with Crippen LogP contribution in [0.1, 0.15) is 28.4 Å². The van der Waals surface area contributed by atoms with Gasteiger partial charge in [-0.25, -0.2) is 0 Å². The molecule has 2 N–H and O–H groups in total. The summed E-state index contributed by atoms with van der Waals surface area (Å²) in [5.41, 5.74) is 4.09. The second-order valence-corrected chi connectivity index (χ2v) is 9.03. The van der Waals surface area contributed by atoms with Gasteiger partial charge >= 0.3 is 0 Å². The van der Waals surface area contributed by atoms with Gasteiger partial charge in [-0.2, -0.15) is 0 Å². The van der Waals surface area contributed by atoms with Gasteiger partial charge in [0.25, 0.3) is 5.91 Å². The zero-order chi connectivity index (χ0) is 24.0. The van der Waals surface area contributed by atoms with Crippen LogP contribution >= 0.6 is 11.8 Å². The molecule has 7 heteroatoms. The number of thioether (sulfide) groups is 1. The molecule has 33 heavy (non-hydrogen) atoms. The molecule has 3 aromatic rings. The van der Waals surface area contributed by atoms with Crippen LogP contribution < -0.4 is 20.1 Å². The van der Waals surface area contributed by atoms with Crippen LogP contribution in [0.4, 0.5) is 11.4 Å². The summed E-state index contributed by atoms with van der Waals surface area (Å²) in [5, 5.41) is 5.57. The molecule has 0 spiro atoms. The van der Waals surface area contributed by atoms with Crippen molar-refractivity contribution in [2.24, 2.45) is 0 Å². The molecule has 1 unspecified atom stereocenters. The van der Waals surface area contributed by atoms with Gasteiger partial charge in [-0.05, 0) is 68.8 Å². The standard InChI is InChI=1S/C26H28N2O4S/c1-16-9-11-22(17(2)13-16)28-25(29)18(3)33-21-8-6-7-20(15-21)27-26(30)19-10-12-23(31-4)24(14-19)32-5/h6-15,18H,1-5H3,(H,27,30)(H,28,29). The Hall–Kier alpha value is -3.45. The molecule has 2 amide bonds. The average molecular weight is 465 g/mol. The van der Waals surface area contributed by atoms with E-state index in [0.29, 0.717) is 22.7 Å². The van der Waals surface area contributed by atoms with Crippen molar-refractivity contribution >= 4 is 35.0 Å². The third-order valence-electron chi connectivity index (χ3n) is 5.06. The lowest BCUT2D eigenvalue weighted by molar-refractivity contribution is -0.115. The third kappa shape index (κ3) is 6.29. The molecular formula is C26H28N2O4S. The van der Waals surface area contributed by atoms with Gasteiger partial charge in [-0.1, -0.05) is 23.8 Å². The predicted molar refractivity (Wildman–Crippen MR) is 134 cm³/mol. The molecule has 0 bridgehead atoms. The summed E-state index contributed by atoms with van der Waals surface area (Å²) in [5.74, 6) is 0.698. The lowest BCUT2D eigenvalue weighted by atomic mass is 10.1. The maximum absolute atomic E-state index is 12.7. The highest BCUT2D eigenvalue weighted by atomic mass is 32.2. The summed E-state index contributed by atoms with van der Waals surface area (Å²) in [6.07, 6.45) is 0. The smallest absolute Gasteiger partial charge is 0.255 e. The van der Waals surface area contributed by atoms with Crippen LogP contribution in [0.2, 0.25) is 0 Å². The maximum Gasteiger partial charge on any atom is 0.255 e. The number of ether oxygens (including phenoxy) is 2. The number of carbonyl (C=O) groups excluding carboxylic acids is 2. The van der Waals surface area contributed by atoms with Gasteiger partial charge in [0.2, 0.25) is 5.91 Å². The third-order valence-corrected chi connectivity index (χ3v) is 6.15. The Morgan fingerprint density at radius 1 is 0.879 bits per heavy atom. The molecular weight excluding hydrogens is 436 g/mol. The molecule has 0 fully saturated rings. The zero-order valence-electron chi connectivity index (χ0n) is 19.4. The topological polar surface area (TPSA) is 76.7 Å². The number of hydrogen-bond donors (Lipinski definition) is 2. The van der Waals surface area contributed by atoms with Gasteiger partial charge in [-0.3, -0.25) is 9.59 Å². The first-order valence-corrected chi connectivity index (χ1v) is 11.4. The van der Waals surface area contributed by atoms with E-state index in [1.54, 1.807) is 25.3 Å². The average Bonchev–Trinajstić information content (AvgIpc) is 2.80. The number of aryl methyl sites for hydroxylation is 2. The maximum atomic E-state index is 12.7. The molecule has 0 saturated heterocycles. The van der Waals surface area contributed by atoms with Gasteiger partial charge in [0, 0.05) is 21.8 Å². The van der Waals surface area contributed by atoms with Gasteiger partial charge in [-0.15, -0.1) is 11.8 Å². The minimum Gasteiger partial charge on any atom is -0.493 e. The van der Waals surface area contributed by atoms with Crippen molar-refractivity contribution in [2.45, 2.75) is 30.9 Å². The number of benzene rings is 3. The van der Waals surface area contributed by atoms with E-state index in [0.717, 1.165) is 21.7 Å². The van der Waals surface area contributed by atoms with Crippen LogP contribution in [0.25, 0.3) is 0 Å². The van der Waals surface area contributed by atoms with Crippen LogP contribution in [-0.4, -0.2) is 31.3 Å². The molecule has 3 aromatic carbocycles. The van der Waals surface area contributed by atoms with E-state index < -0.39 is 0 Å². The first-order valence-electron chi connectivity index (χ1n) is 10.5. The van der Waals surface area contributed by atoms with Crippen molar-refractivity contribution in [3.63, 3.8) is 0 Å². The van der Waals surface area contributed by atoms with Gasteiger partial charge < -0.3 is 20.1 Å². The molecule has 0 aliphatic rings. The molecule has 1 atom stereocenters. The number of nitrogens with one attached hydrogen (secondary N) is 2. The van der Waals surface area contributed by atoms with Crippen molar-refractivity contribution in [3.8, 4) is 11.5 Å². The minimum absolute atomic E-state index is 0.0771. The number of rotatable bonds is 8. The van der Waals surface area contributed by atoms with E-state index in [2.05, 4.69) is 10.6 Å². The van der Waals surface area contributed by atoms with Crippen molar-refractivity contribution in [2.75, 3.05) is 24.9 Å². The summed E-state index contributed by atoms with van der Waals surface area (Å²) >= 11 is 1.43. The van der Waals surface area contributed by atoms with Gasteiger partial charge in [0.15, 0.2) is 11.5 Å². The van der Waals surface area contributed by atoms with E-state index in [4.69, 9.17) is 9.47 Å². The molecule has 0 aliphatic heterocycles. The predicted octanol–water partition coefficient (Wildman–Crippen LogP) is 5.69. The molecule has 172 valence electrons. The van der Waals surface area contributed by atoms with Gasteiger partial charge in [0.1, 0.15) is 0 Å². The number of anilines is 2. The summed E-state index contributed by atoms with van der Waals surface area (Å²) in [6, 6.07) is 18.4. The van der Waals surface area contributed by atoms with E-state index >= 15 is 0 Å². The lowest BCUT2D eigenvalue weighted by Gasteiger charge is -2.15. The van der Waals surface area contributed by atoms with Crippen LogP contribution in [0.3, 0.4) is 0 Å². The number of amides is 2. The Balaban J connectivity index is 1.65. The molecule has 0 radical (unpaired) electrons. The van der Waals surface area contributed by atoms with E-state index in [1.807, 2.05) is 63.2 Å². The van der Waals surface area contributed by atoms with E-state index in [1.165, 1.54) is 18.9 Å². The first-order chi connectivity index (χ1) is 15.8. The number of hydrogen-bond acceptors (Lipinski definition) is 5. The Morgan fingerprint density at radius 2 is 1.64 bits per heavy atom. The molecule has 0 saturated carbocycles. The highest BCUT2D eigenvalue weighted by Crippen LogP contribution is 2.29. The van der Waals surface area contributed by atoms with Crippen molar-refractivity contribution in [3.05, 3.63) is 77.4 Å². The van der Waals surface area contributed by atoms with Crippen LogP contribution in [0.5, 0.6) is 11.5 Å². The Labute approximate surface area is 198 Å². The summed E-state index contributed by atoms with van der Waals surface area (Å²) in [6.45, 7) is 5.86. The fourth-order valence-electron chi connectivity index (χ4n) is 3.27. The molecule has 0 aromatic heterocycles. The Morgan fingerprint density at radius 3 is 2.33 bits per heavy atom. The summed E-state index contributed by atoms with van der Waals surface area (Å²) in [7, 11) is 3.07. The largest absolute Gasteiger partial charge is 0.493 e. The van der Waals surface area contributed by atoms with Crippen molar-refractivity contribution in [1.82, 2.24) is 0 Å². The second kappa shape index (κ2) is 10.9. The highest BCUT2D eigenvalue weighted by Gasteiger charge is 2.16. The van der Waals surface area contributed by atoms with E-state index in [9.17, 15) is 9.59 Å². The SMILES string of the molecule is COc1ccc(C(=O)Nc2cccc(SC(C)C(=O)Nc3ccc(C)cc3C)c2)cc1OC. The van der Waals surface area contributed by atoms with Crippen LogP contribution in [0, 0.1) is 13.8 Å². The summed E-state index contributed by atoms with van der Waals surface area (Å²) in [4.78, 5) is 26.3. The first kappa shape index (κ1) is 24.2. The fraction of sp³-hybridized carbons (Fsp3) is 0.231. The van der Waals surface area contributed by atoms with Crippen molar-refractivity contribution in [1.29, 1.82) is 0 Å². The van der Waals surface area contributed by atoms with Crippen molar-refractivity contribution < 1.29 is 19.1 Å². The number of methoxy groups -OCH3 is 2. The Kier molecular flexibility index (Phi) is 8.01. The molecule has 6 nitrogen and oxygen atoms in total.